The molecule has 0 aliphatic rings. The number of anilines is 1. The van der Waals surface area contributed by atoms with Crippen LogP contribution in [0.15, 0.2) is 30.3 Å². The highest BCUT2D eigenvalue weighted by Crippen LogP contribution is 2.26. The zero-order valence-electron chi connectivity index (χ0n) is 11.5. The molecule has 0 radical (unpaired) electrons. The Morgan fingerprint density at radius 1 is 0.857 bits per heavy atom. The van der Waals surface area contributed by atoms with Crippen molar-refractivity contribution in [1.29, 1.82) is 0 Å². The predicted octanol–water partition coefficient (Wildman–Crippen LogP) is 3.73. The molecule has 0 unspecified atom stereocenters. The van der Waals surface area contributed by atoms with Crippen molar-refractivity contribution >= 4 is 5.69 Å². The number of hydrogen-bond donors (Lipinski definition) is 1. The molecule has 0 heterocycles. The zero-order valence-corrected chi connectivity index (χ0v) is 11.5. The molecule has 2 rings (SSSR count). The summed E-state index contributed by atoms with van der Waals surface area (Å²) in [5.41, 5.74) is 0.935. The summed E-state index contributed by atoms with van der Waals surface area (Å²) >= 11 is 0. The molecule has 2 aromatic rings. The minimum atomic E-state index is -1.47. The second-order valence-electron chi connectivity index (χ2n) is 4.33. The maximum atomic E-state index is 13.1. The summed E-state index contributed by atoms with van der Waals surface area (Å²) in [5, 5.41) is 2.97. The SMILES string of the molecule is COc1cc(NCc2cc(F)c(F)c(F)c2)cc(OC)c1. The van der Waals surface area contributed by atoms with Gasteiger partial charge in [0.15, 0.2) is 17.5 Å². The van der Waals surface area contributed by atoms with Crippen molar-refractivity contribution in [2.24, 2.45) is 0 Å². The minimum absolute atomic E-state index is 0.129. The van der Waals surface area contributed by atoms with E-state index >= 15 is 0 Å². The van der Waals surface area contributed by atoms with Gasteiger partial charge in [-0.2, -0.15) is 0 Å². The summed E-state index contributed by atoms with van der Waals surface area (Å²) in [7, 11) is 3.03. The van der Waals surface area contributed by atoms with Gasteiger partial charge in [-0.3, -0.25) is 0 Å². The Hall–Kier alpha value is -2.37. The molecule has 3 nitrogen and oxygen atoms in total. The van der Waals surface area contributed by atoms with Gasteiger partial charge in [0.05, 0.1) is 14.2 Å². The molecule has 21 heavy (non-hydrogen) atoms. The molecule has 0 saturated heterocycles. The van der Waals surface area contributed by atoms with Gasteiger partial charge < -0.3 is 14.8 Å². The molecule has 1 N–H and O–H groups in total. The second kappa shape index (κ2) is 6.39. The molecule has 0 atom stereocenters. The lowest BCUT2D eigenvalue weighted by Gasteiger charge is -2.11. The lowest BCUT2D eigenvalue weighted by Crippen LogP contribution is -2.03. The molecule has 0 spiro atoms. The third-order valence-corrected chi connectivity index (χ3v) is 2.89. The molecular weight excluding hydrogens is 283 g/mol. The Morgan fingerprint density at radius 3 is 1.86 bits per heavy atom. The van der Waals surface area contributed by atoms with E-state index < -0.39 is 17.5 Å². The molecule has 0 fully saturated rings. The average Bonchev–Trinajstić information content (AvgIpc) is 2.49. The van der Waals surface area contributed by atoms with E-state index in [9.17, 15) is 13.2 Å². The summed E-state index contributed by atoms with van der Waals surface area (Å²) in [6.07, 6.45) is 0. The van der Waals surface area contributed by atoms with Crippen LogP contribution in [0.1, 0.15) is 5.56 Å². The van der Waals surface area contributed by atoms with Crippen LogP contribution in [0.5, 0.6) is 11.5 Å². The van der Waals surface area contributed by atoms with Gasteiger partial charge in [-0.05, 0) is 17.7 Å². The monoisotopic (exact) mass is 297 g/mol. The van der Waals surface area contributed by atoms with Gasteiger partial charge in [0.1, 0.15) is 11.5 Å². The molecule has 0 bridgehead atoms. The quantitative estimate of drug-likeness (QED) is 0.853. The van der Waals surface area contributed by atoms with E-state index in [-0.39, 0.29) is 12.1 Å². The fourth-order valence-corrected chi connectivity index (χ4v) is 1.82. The van der Waals surface area contributed by atoms with Crippen molar-refractivity contribution in [3.8, 4) is 11.5 Å². The first-order valence-electron chi connectivity index (χ1n) is 6.14. The average molecular weight is 297 g/mol. The Morgan fingerprint density at radius 2 is 1.38 bits per heavy atom. The van der Waals surface area contributed by atoms with Crippen LogP contribution < -0.4 is 14.8 Å². The summed E-state index contributed by atoms with van der Waals surface area (Å²) in [6, 6.07) is 7.01. The Balaban J connectivity index is 2.16. The van der Waals surface area contributed by atoms with E-state index in [0.29, 0.717) is 17.2 Å². The van der Waals surface area contributed by atoms with Crippen LogP contribution >= 0.6 is 0 Å². The van der Waals surface area contributed by atoms with Crippen molar-refractivity contribution in [3.63, 3.8) is 0 Å². The maximum absolute atomic E-state index is 13.1. The number of benzene rings is 2. The summed E-state index contributed by atoms with van der Waals surface area (Å²) in [4.78, 5) is 0. The number of halogens is 3. The molecular formula is C15H14F3NO2. The van der Waals surface area contributed by atoms with Crippen LogP contribution in [0.4, 0.5) is 18.9 Å². The summed E-state index contributed by atoms with van der Waals surface area (Å²) in [6.45, 7) is 0.129. The van der Waals surface area contributed by atoms with E-state index in [2.05, 4.69) is 5.32 Å². The van der Waals surface area contributed by atoms with Gasteiger partial charge in [0, 0.05) is 30.4 Å². The van der Waals surface area contributed by atoms with E-state index in [4.69, 9.17) is 9.47 Å². The largest absolute Gasteiger partial charge is 0.497 e. The van der Waals surface area contributed by atoms with Gasteiger partial charge >= 0.3 is 0 Å². The molecule has 0 saturated carbocycles. The molecule has 0 amide bonds. The normalized spacial score (nSPS) is 10.3. The number of nitrogens with one attached hydrogen (secondary N) is 1. The second-order valence-corrected chi connectivity index (χ2v) is 4.33. The fourth-order valence-electron chi connectivity index (χ4n) is 1.82. The van der Waals surface area contributed by atoms with Crippen molar-refractivity contribution in [2.75, 3.05) is 19.5 Å². The summed E-state index contributed by atoms with van der Waals surface area (Å²) in [5.74, 6) is -2.74. The molecule has 0 aliphatic carbocycles. The highest BCUT2D eigenvalue weighted by molar-refractivity contribution is 5.54. The van der Waals surface area contributed by atoms with E-state index in [1.165, 1.54) is 14.2 Å². The van der Waals surface area contributed by atoms with Gasteiger partial charge in [0.25, 0.3) is 0 Å². The lowest BCUT2D eigenvalue weighted by molar-refractivity contribution is 0.394. The topological polar surface area (TPSA) is 30.5 Å². The van der Waals surface area contributed by atoms with Crippen molar-refractivity contribution in [2.45, 2.75) is 6.54 Å². The number of hydrogen-bond acceptors (Lipinski definition) is 3. The Labute approximate surface area is 120 Å². The van der Waals surface area contributed by atoms with Crippen molar-refractivity contribution < 1.29 is 22.6 Å². The standard InChI is InChI=1S/C15H14F3NO2/c1-20-11-5-10(6-12(7-11)21-2)19-8-9-3-13(16)15(18)14(17)4-9/h3-7,19H,8H2,1-2H3. The summed E-state index contributed by atoms with van der Waals surface area (Å²) < 4.78 is 49.3. The molecule has 2 aromatic carbocycles. The van der Waals surface area contributed by atoms with E-state index in [1.807, 2.05) is 0 Å². The van der Waals surface area contributed by atoms with Gasteiger partial charge in [-0.25, -0.2) is 13.2 Å². The van der Waals surface area contributed by atoms with Crippen LogP contribution in [-0.2, 0) is 6.54 Å². The first-order chi connectivity index (χ1) is 10.0. The Kier molecular flexibility index (Phi) is 4.57. The first-order valence-corrected chi connectivity index (χ1v) is 6.14. The van der Waals surface area contributed by atoms with Crippen molar-refractivity contribution in [3.05, 3.63) is 53.3 Å². The maximum Gasteiger partial charge on any atom is 0.194 e. The van der Waals surface area contributed by atoms with Crippen LogP contribution in [-0.4, -0.2) is 14.2 Å². The molecule has 6 heteroatoms. The third-order valence-electron chi connectivity index (χ3n) is 2.89. The highest BCUT2D eigenvalue weighted by atomic mass is 19.2. The number of methoxy groups -OCH3 is 2. The van der Waals surface area contributed by atoms with Gasteiger partial charge in [0.2, 0.25) is 0 Å². The zero-order chi connectivity index (χ0) is 15.4. The van der Waals surface area contributed by atoms with Gasteiger partial charge in [-0.15, -0.1) is 0 Å². The van der Waals surface area contributed by atoms with Crippen molar-refractivity contribution in [1.82, 2.24) is 0 Å². The highest BCUT2D eigenvalue weighted by Gasteiger charge is 2.10. The van der Waals surface area contributed by atoms with Gasteiger partial charge in [-0.1, -0.05) is 0 Å². The van der Waals surface area contributed by atoms with Crippen LogP contribution in [0.2, 0.25) is 0 Å². The Bertz CT molecular complexity index is 602. The molecule has 0 aromatic heterocycles. The number of rotatable bonds is 5. The number of ether oxygens (including phenoxy) is 2. The van der Waals surface area contributed by atoms with Crippen LogP contribution in [0.25, 0.3) is 0 Å². The van der Waals surface area contributed by atoms with E-state index in [1.54, 1.807) is 18.2 Å². The smallest absolute Gasteiger partial charge is 0.194 e. The molecule has 0 aliphatic heterocycles. The van der Waals surface area contributed by atoms with Crippen LogP contribution in [0.3, 0.4) is 0 Å². The van der Waals surface area contributed by atoms with E-state index in [0.717, 1.165) is 12.1 Å². The molecule has 112 valence electrons. The minimum Gasteiger partial charge on any atom is -0.497 e. The third kappa shape index (κ3) is 3.59. The first kappa shape index (κ1) is 15.0. The van der Waals surface area contributed by atoms with Crippen LogP contribution in [0, 0.1) is 17.5 Å². The lowest BCUT2D eigenvalue weighted by atomic mass is 10.2. The fraction of sp³-hybridized carbons (Fsp3) is 0.200. The predicted molar refractivity (Wildman–Crippen MR) is 73.2 cm³/mol.